The maximum absolute atomic E-state index is 11.4. The van der Waals surface area contributed by atoms with Gasteiger partial charge in [0.1, 0.15) is 5.82 Å². The van der Waals surface area contributed by atoms with E-state index in [1.54, 1.807) is 12.1 Å². The smallest absolute Gasteiger partial charge is 0.337 e. The first-order valence-corrected chi connectivity index (χ1v) is 6.45. The minimum atomic E-state index is -0.872. The van der Waals surface area contributed by atoms with Crippen molar-refractivity contribution in [1.82, 2.24) is 9.55 Å². The quantitative estimate of drug-likeness (QED) is 0.902. The molecule has 4 nitrogen and oxygen atoms in total. The first-order chi connectivity index (χ1) is 8.72. The van der Waals surface area contributed by atoms with Crippen LogP contribution in [0.1, 0.15) is 48.4 Å². The van der Waals surface area contributed by atoms with Crippen molar-refractivity contribution in [3.8, 4) is 0 Å². The number of aromatic carboxylic acids is 1. The molecule has 0 unspecified atom stereocenters. The molecule has 0 radical (unpaired) electrons. The fourth-order valence-corrected chi connectivity index (χ4v) is 2.66. The molecule has 1 aliphatic rings. The Kier molecular flexibility index (Phi) is 2.58. The van der Waals surface area contributed by atoms with E-state index in [0.29, 0.717) is 11.6 Å². The highest BCUT2D eigenvalue weighted by molar-refractivity contribution is 6.01. The molecule has 4 heteroatoms. The summed E-state index contributed by atoms with van der Waals surface area (Å²) in [5.74, 6) is 0.132. The fraction of sp³-hybridized carbons (Fsp3) is 0.429. The molecule has 2 aromatic rings. The van der Waals surface area contributed by atoms with E-state index >= 15 is 0 Å². The zero-order chi connectivity index (χ0) is 12.7. The first-order valence-electron chi connectivity index (χ1n) is 6.45. The minimum absolute atomic E-state index is 0.367. The van der Waals surface area contributed by atoms with Gasteiger partial charge in [0.25, 0.3) is 0 Å². The van der Waals surface area contributed by atoms with E-state index in [4.69, 9.17) is 0 Å². The molecule has 1 aromatic heterocycles. The number of hydrogen-bond donors (Lipinski definition) is 1. The van der Waals surface area contributed by atoms with Crippen molar-refractivity contribution in [2.24, 2.45) is 0 Å². The molecular formula is C14H16N2O2. The second-order valence-electron chi connectivity index (χ2n) is 4.81. The lowest BCUT2D eigenvalue weighted by atomic mass is 9.92. The maximum atomic E-state index is 11.4. The van der Waals surface area contributed by atoms with Crippen LogP contribution in [-0.2, 0) is 6.42 Å². The normalized spacial score (nSPS) is 15.8. The molecule has 1 aliphatic carbocycles. The highest BCUT2D eigenvalue weighted by atomic mass is 16.4. The van der Waals surface area contributed by atoms with Gasteiger partial charge in [-0.3, -0.25) is 0 Å². The predicted octanol–water partition coefficient (Wildman–Crippen LogP) is 3.02. The zero-order valence-corrected chi connectivity index (χ0v) is 10.4. The molecule has 0 bridgehead atoms. The van der Waals surface area contributed by atoms with Gasteiger partial charge >= 0.3 is 5.97 Å². The highest BCUT2D eigenvalue weighted by Gasteiger charge is 2.26. The van der Waals surface area contributed by atoms with Gasteiger partial charge in [0.15, 0.2) is 0 Å². The summed E-state index contributed by atoms with van der Waals surface area (Å²) in [5.41, 5.74) is 1.97. The lowest BCUT2D eigenvalue weighted by Gasteiger charge is -2.29. The van der Waals surface area contributed by atoms with E-state index in [1.807, 2.05) is 6.07 Å². The van der Waals surface area contributed by atoms with Crippen LogP contribution < -0.4 is 0 Å². The Bertz CT molecular complexity index is 612. The monoisotopic (exact) mass is 244 g/mol. The third-order valence-electron chi connectivity index (χ3n) is 3.77. The number of rotatable bonds is 3. The average molecular weight is 244 g/mol. The lowest BCUT2D eigenvalue weighted by Crippen LogP contribution is -2.20. The Balaban J connectivity index is 2.31. The zero-order valence-electron chi connectivity index (χ0n) is 10.4. The molecule has 0 aliphatic heterocycles. The van der Waals surface area contributed by atoms with Gasteiger partial charge in [0, 0.05) is 12.5 Å². The summed E-state index contributed by atoms with van der Waals surface area (Å²) in [6.07, 6.45) is 4.33. The van der Waals surface area contributed by atoms with Crippen LogP contribution >= 0.6 is 0 Å². The number of benzene rings is 1. The number of aryl methyl sites for hydroxylation is 1. The number of imidazole rings is 1. The van der Waals surface area contributed by atoms with E-state index in [0.717, 1.165) is 36.1 Å². The molecule has 0 saturated heterocycles. The third kappa shape index (κ3) is 1.52. The summed E-state index contributed by atoms with van der Waals surface area (Å²) >= 11 is 0. The first kappa shape index (κ1) is 11.3. The predicted molar refractivity (Wildman–Crippen MR) is 69.0 cm³/mol. The molecule has 18 heavy (non-hydrogen) atoms. The molecule has 1 aromatic carbocycles. The van der Waals surface area contributed by atoms with Gasteiger partial charge in [-0.1, -0.05) is 13.0 Å². The van der Waals surface area contributed by atoms with Crippen LogP contribution in [0.2, 0.25) is 0 Å². The summed E-state index contributed by atoms with van der Waals surface area (Å²) in [6.45, 7) is 2.07. The van der Waals surface area contributed by atoms with Crippen molar-refractivity contribution in [3.05, 3.63) is 29.6 Å². The van der Waals surface area contributed by atoms with Gasteiger partial charge in [-0.2, -0.15) is 0 Å². The van der Waals surface area contributed by atoms with Crippen molar-refractivity contribution in [2.75, 3.05) is 0 Å². The summed E-state index contributed by atoms with van der Waals surface area (Å²) in [6, 6.07) is 5.77. The molecule has 1 fully saturated rings. The number of fused-ring (bicyclic) bond motifs is 1. The Morgan fingerprint density at radius 3 is 2.83 bits per heavy atom. The van der Waals surface area contributed by atoms with Crippen molar-refractivity contribution < 1.29 is 9.90 Å². The number of para-hydroxylation sites is 1. The Labute approximate surface area is 105 Å². The van der Waals surface area contributed by atoms with Gasteiger partial charge < -0.3 is 9.67 Å². The van der Waals surface area contributed by atoms with Gasteiger partial charge in [-0.05, 0) is 31.4 Å². The summed E-state index contributed by atoms with van der Waals surface area (Å²) in [4.78, 5) is 15.9. The largest absolute Gasteiger partial charge is 0.478 e. The van der Waals surface area contributed by atoms with Crippen LogP contribution in [-0.4, -0.2) is 20.6 Å². The molecular weight excluding hydrogens is 228 g/mol. The summed E-state index contributed by atoms with van der Waals surface area (Å²) in [7, 11) is 0. The van der Waals surface area contributed by atoms with Crippen LogP contribution in [0.15, 0.2) is 18.2 Å². The number of carboxylic acid groups (broad SMARTS) is 1. The van der Waals surface area contributed by atoms with Crippen LogP contribution in [0, 0.1) is 0 Å². The topological polar surface area (TPSA) is 55.1 Å². The second kappa shape index (κ2) is 4.12. The Morgan fingerprint density at radius 1 is 1.50 bits per heavy atom. The lowest BCUT2D eigenvalue weighted by molar-refractivity contribution is 0.0698. The number of carbonyl (C=O) groups is 1. The molecule has 3 rings (SSSR count). The average Bonchev–Trinajstić information content (AvgIpc) is 2.65. The molecule has 0 amide bonds. The SMILES string of the molecule is CCc1nc2cccc(C(=O)O)c2n1C1CCC1. The summed E-state index contributed by atoms with van der Waals surface area (Å²) < 4.78 is 2.16. The van der Waals surface area contributed by atoms with E-state index in [-0.39, 0.29) is 0 Å². The molecule has 0 spiro atoms. The van der Waals surface area contributed by atoms with Gasteiger partial charge in [-0.15, -0.1) is 0 Å². The summed E-state index contributed by atoms with van der Waals surface area (Å²) in [5, 5.41) is 9.32. The molecule has 94 valence electrons. The van der Waals surface area contributed by atoms with Crippen LogP contribution in [0.25, 0.3) is 11.0 Å². The number of aromatic nitrogens is 2. The van der Waals surface area contributed by atoms with E-state index in [9.17, 15) is 9.90 Å². The fourth-order valence-electron chi connectivity index (χ4n) is 2.66. The van der Waals surface area contributed by atoms with Crippen molar-refractivity contribution in [1.29, 1.82) is 0 Å². The third-order valence-corrected chi connectivity index (χ3v) is 3.77. The van der Waals surface area contributed by atoms with E-state index in [2.05, 4.69) is 16.5 Å². The molecule has 1 saturated carbocycles. The molecule has 1 heterocycles. The van der Waals surface area contributed by atoms with Gasteiger partial charge in [0.05, 0.1) is 16.6 Å². The van der Waals surface area contributed by atoms with Gasteiger partial charge in [0.2, 0.25) is 0 Å². The Morgan fingerprint density at radius 2 is 2.28 bits per heavy atom. The molecule has 0 atom stereocenters. The number of carboxylic acids is 1. The van der Waals surface area contributed by atoms with Crippen LogP contribution in [0.3, 0.4) is 0 Å². The Hall–Kier alpha value is -1.84. The van der Waals surface area contributed by atoms with E-state index < -0.39 is 5.97 Å². The van der Waals surface area contributed by atoms with E-state index in [1.165, 1.54) is 6.42 Å². The minimum Gasteiger partial charge on any atom is -0.478 e. The number of nitrogens with zero attached hydrogens (tertiary/aromatic N) is 2. The number of hydrogen-bond acceptors (Lipinski definition) is 2. The highest BCUT2D eigenvalue weighted by Crippen LogP contribution is 2.36. The van der Waals surface area contributed by atoms with Crippen molar-refractivity contribution in [3.63, 3.8) is 0 Å². The standard InChI is InChI=1S/C14H16N2O2/c1-2-12-15-11-8-4-7-10(14(17)18)13(11)16(12)9-5-3-6-9/h4,7-9H,2-3,5-6H2,1H3,(H,17,18). The van der Waals surface area contributed by atoms with Gasteiger partial charge in [-0.25, -0.2) is 9.78 Å². The van der Waals surface area contributed by atoms with Crippen molar-refractivity contribution >= 4 is 17.0 Å². The van der Waals surface area contributed by atoms with Crippen LogP contribution in [0.5, 0.6) is 0 Å². The van der Waals surface area contributed by atoms with Crippen molar-refractivity contribution in [2.45, 2.75) is 38.6 Å². The second-order valence-corrected chi connectivity index (χ2v) is 4.81. The maximum Gasteiger partial charge on any atom is 0.337 e. The van der Waals surface area contributed by atoms with Crippen LogP contribution in [0.4, 0.5) is 0 Å². The molecule has 1 N–H and O–H groups in total.